The van der Waals surface area contributed by atoms with Crippen LogP contribution in [0.3, 0.4) is 0 Å². The lowest BCUT2D eigenvalue weighted by atomic mass is 10.1. The van der Waals surface area contributed by atoms with Crippen LogP contribution in [-0.4, -0.2) is 31.1 Å². The molecule has 2 N–H and O–H groups in total. The maximum Gasteiger partial charge on any atom is 0.00226 e. The first-order valence-corrected chi connectivity index (χ1v) is 7.11. The zero-order chi connectivity index (χ0) is 12.2. The molecule has 0 rings (SSSR count). The number of rotatable bonds is 11. The molecular formula is C14H32N2. The average molecular weight is 228 g/mol. The quantitative estimate of drug-likeness (QED) is 0.549. The first kappa shape index (κ1) is 15.9. The summed E-state index contributed by atoms with van der Waals surface area (Å²) in [7, 11) is 2.21. The molecule has 0 spiro atoms. The molecule has 0 bridgehead atoms. The summed E-state index contributed by atoms with van der Waals surface area (Å²) in [6.45, 7) is 6.74. The fraction of sp³-hybridized carbons (Fsp3) is 1.00. The van der Waals surface area contributed by atoms with Crippen LogP contribution in [-0.2, 0) is 0 Å². The summed E-state index contributed by atoms with van der Waals surface area (Å²) in [5.74, 6) is 0. The van der Waals surface area contributed by atoms with Crippen molar-refractivity contribution in [3.05, 3.63) is 0 Å². The van der Waals surface area contributed by atoms with Gasteiger partial charge in [0, 0.05) is 6.04 Å². The minimum atomic E-state index is 0.344. The summed E-state index contributed by atoms with van der Waals surface area (Å²) in [6, 6.07) is 0.344. The van der Waals surface area contributed by atoms with Crippen molar-refractivity contribution in [2.24, 2.45) is 5.73 Å². The van der Waals surface area contributed by atoms with Gasteiger partial charge in [-0.15, -0.1) is 0 Å². The number of hydrogen-bond acceptors (Lipinski definition) is 2. The van der Waals surface area contributed by atoms with Gasteiger partial charge < -0.3 is 10.6 Å². The molecule has 2 nitrogen and oxygen atoms in total. The lowest BCUT2D eigenvalue weighted by molar-refractivity contribution is 0.311. The lowest BCUT2D eigenvalue weighted by Crippen LogP contribution is -2.26. The van der Waals surface area contributed by atoms with Gasteiger partial charge in [-0.05, 0) is 39.9 Å². The molecule has 0 aliphatic rings. The van der Waals surface area contributed by atoms with Crippen LogP contribution >= 0.6 is 0 Å². The molecule has 0 aliphatic heterocycles. The Balaban J connectivity index is 3.12. The van der Waals surface area contributed by atoms with Crippen molar-refractivity contribution < 1.29 is 0 Å². The Kier molecular flexibility index (Phi) is 11.3. The Labute approximate surface area is 103 Å². The maximum atomic E-state index is 5.74. The van der Waals surface area contributed by atoms with Crippen LogP contribution in [0.25, 0.3) is 0 Å². The van der Waals surface area contributed by atoms with E-state index in [1.165, 1.54) is 51.5 Å². The Morgan fingerprint density at radius 3 is 2.06 bits per heavy atom. The van der Waals surface area contributed by atoms with Gasteiger partial charge in [-0.2, -0.15) is 0 Å². The monoisotopic (exact) mass is 228 g/mol. The van der Waals surface area contributed by atoms with Crippen molar-refractivity contribution in [1.29, 1.82) is 0 Å². The zero-order valence-corrected chi connectivity index (χ0v) is 11.7. The standard InChI is InChI=1S/C14H32N2/c1-4-5-6-7-8-9-10-12-16(3)13-11-14(2)15/h14H,4-13,15H2,1-3H3. The lowest BCUT2D eigenvalue weighted by Gasteiger charge is -2.17. The average Bonchev–Trinajstić information content (AvgIpc) is 2.25. The highest BCUT2D eigenvalue weighted by Crippen LogP contribution is 2.07. The molecule has 1 unspecified atom stereocenters. The van der Waals surface area contributed by atoms with Gasteiger partial charge >= 0.3 is 0 Å². The fourth-order valence-corrected chi connectivity index (χ4v) is 1.87. The summed E-state index contributed by atoms with van der Waals surface area (Å²) in [5, 5.41) is 0. The Bertz CT molecular complexity index is 135. The van der Waals surface area contributed by atoms with E-state index in [1.54, 1.807) is 0 Å². The minimum Gasteiger partial charge on any atom is -0.328 e. The van der Waals surface area contributed by atoms with E-state index in [9.17, 15) is 0 Å². The highest BCUT2D eigenvalue weighted by molar-refractivity contribution is 4.58. The fourth-order valence-electron chi connectivity index (χ4n) is 1.87. The second kappa shape index (κ2) is 11.4. The molecule has 0 amide bonds. The van der Waals surface area contributed by atoms with E-state index >= 15 is 0 Å². The third-order valence-corrected chi connectivity index (χ3v) is 3.11. The van der Waals surface area contributed by atoms with Crippen molar-refractivity contribution in [3.63, 3.8) is 0 Å². The second-order valence-electron chi connectivity index (χ2n) is 5.19. The van der Waals surface area contributed by atoms with E-state index in [4.69, 9.17) is 5.73 Å². The molecular weight excluding hydrogens is 196 g/mol. The van der Waals surface area contributed by atoms with Crippen LogP contribution in [0, 0.1) is 0 Å². The normalized spacial score (nSPS) is 13.3. The molecule has 0 aromatic carbocycles. The summed E-state index contributed by atoms with van der Waals surface area (Å²) < 4.78 is 0. The molecule has 2 heteroatoms. The summed E-state index contributed by atoms with van der Waals surface area (Å²) in [5.41, 5.74) is 5.74. The molecule has 0 radical (unpaired) electrons. The first-order chi connectivity index (χ1) is 7.66. The van der Waals surface area contributed by atoms with Crippen LogP contribution in [0.1, 0.15) is 65.2 Å². The van der Waals surface area contributed by atoms with E-state index in [0.29, 0.717) is 6.04 Å². The van der Waals surface area contributed by atoms with Crippen molar-refractivity contribution in [2.45, 2.75) is 71.3 Å². The Hall–Kier alpha value is -0.0800. The first-order valence-electron chi connectivity index (χ1n) is 7.11. The molecule has 1 atom stereocenters. The van der Waals surface area contributed by atoms with Crippen LogP contribution in [0.2, 0.25) is 0 Å². The predicted octanol–water partition coefficient (Wildman–Crippen LogP) is 3.41. The van der Waals surface area contributed by atoms with Gasteiger partial charge in [0.25, 0.3) is 0 Å². The van der Waals surface area contributed by atoms with Crippen LogP contribution in [0.5, 0.6) is 0 Å². The number of hydrogen-bond donors (Lipinski definition) is 1. The zero-order valence-electron chi connectivity index (χ0n) is 11.7. The topological polar surface area (TPSA) is 29.3 Å². The van der Waals surface area contributed by atoms with Gasteiger partial charge in [0.1, 0.15) is 0 Å². The number of nitrogens with two attached hydrogens (primary N) is 1. The van der Waals surface area contributed by atoms with Crippen molar-refractivity contribution >= 4 is 0 Å². The largest absolute Gasteiger partial charge is 0.328 e. The van der Waals surface area contributed by atoms with Gasteiger partial charge in [0.05, 0.1) is 0 Å². The number of nitrogens with zero attached hydrogens (tertiary/aromatic N) is 1. The van der Waals surface area contributed by atoms with Gasteiger partial charge in [0.2, 0.25) is 0 Å². The molecule has 0 fully saturated rings. The molecule has 0 saturated heterocycles. The minimum absolute atomic E-state index is 0.344. The van der Waals surface area contributed by atoms with E-state index in [2.05, 4.69) is 25.8 Å². The Morgan fingerprint density at radius 2 is 1.50 bits per heavy atom. The molecule has 0 aromatic rings. The molecule has 98 valence electrons. The SMILES string of the molecule is CCCCCCCCCN(C)CCC(C)N. The van der Waals surface area contributed by atoms with Crippen molar-refractivity contribution in [2.75, 3.05) is 20.1 Å². The molecule has 0 aromatic heterocycles. The van der Waals surface area contributed by atoms with E-state index < -0.39 is 0 Å². The van der Waals surface area contributed by atoms with E-state index in [1.807, 2.05) is 0 Å². The highest BCUT2D eigenvalue weighted by atomic mass is 15.1. The third kappa shape index (κ3) is 12.0. The third-order valence-electron chi connectivity index (χ3n) is 3.11. The van der Waals surface area contributed by atoms with Gasteiger partial charge in [-0.1, -0.05) is 45.4 Å². The molecule has 0 heterocycles. The smallest absolute Gasteiger partial charge is 0.00226 e. The highest BCUT2D eigenvalue weighted by Gasteiger charge is 2.00. The second-order valence-corrected chi connectivity index (χ2v) is 5.19. The van der Waals surface area contributed by atoms with E-state index in [0.717, 1.165) is 13.0 Å². The molecule has 0 saturated carbocycles. The van der Waals surface area contributed by atoms with Gasteiger partial charge in [0.15, 0.2) is 0 Å². The summed E-state index contributed by atoms with van der Waals surface area (Å²) in [4.78, 5) is 2.41. The van der Waals surface area contributed by atoms with Crippen LogP contribution in [0.4, 0.5) is 0 Å². The molecule has 16 heavy (non-hydrogen) atoms. The Morgan fingerprint density at radius 1 is 0.938 bits per heavy atom. The van der Waals surface area contributed by atoms with Crippen molar-refractivity contribution in [1.82, 2.24) is 4.90 Å². The summed E-state index contributed by atoms with van der Waals surface area (Å²) in [6.07, 6.45) is 10.9. The molecule has 0 aliphatic carbocycles. The number of unbranched alkanes of at least 4 members (excludes halogenated alkanes) is 6. The van der Waals surface area contributed by atoms with Gasteiger partial charge in [-0.3, -0.25) is 0 Å². The van der Waals surface area contributed by atoms with Gasteiger partial charge in [-0.25, -0.2) is 0 Å². The van der Waals surface area contributed by atoms with Crippen LogP contribution in [0.15, 0.2) is 0 Å². The maximum absolute atomic E-state index is 5.74. The summed E-state index contributed by atoms with van der Waals surface area (Å²) >= 11 is 0. The predicted molar refractivity (Wildman–Crippen MR) is 73.8 cm³/mol. The van der Waals surface area contributed by atoms with Crippen molar-refractivity contribution in [3.8, 4) is 0 Å². The van der Waals surface area contributed by atoms with Crippen LogP contribution < -0.4 is 5.73 Å². The van der Waals surface area contributed by atoms with E-state index in [-0.39, 0.29) is 0 Å².